The van der Waals surface area contributed by atoms with Gasteiger partial charge in [0.25, 0.3) is 0 Å². The maximum Gasteiger partial charge on any atom is 0.123 e. The summed E-state index contributed by atoms with van der Waals surface area (Å²) in [7, 11) is 1.87. The Hall–Kier alpha value is -1.83. The first-order chi connectivity index (χ1) is 7.72. The molecule has 0 aromatic heterocycles. The normalized spacial score (nSPS) is 10.2. The molecule has 16 heavy (non-hydrogen) atoms. The maximum absolute atomic E-state index is 13.2. The summed E-state index contributed by atoms with van der Waals surface area (Å²) >= 11 is 0. The Kier molecular flexibility index (Phi) is 2.91. The van der Waals surface area contributed by atoms with E-state index in [1.165, 1.54) is 6.07 Å². The van der Waals surface area contributed by atoms with Crippen molar-refractivity contribution in [3.05, 3.63) is 53.8 Å². The van der Waals surface area contributed by atoms with E-state index in [9.17, 15) is 4.39 Å². The highest BCUT2D eigenvalue weighted by atomic mass is 19.1. The predicted molar refractivity (Wildman–Crippen MR) is 66.1 cm³/mol. The van der Waals surface area contributed by atoms with Crippen molar-refractivity contribution in [1.82, 2.24) is 0 Å². The van der Waals surface area contributed by atoms with Gasteiger partial charge in [0.05, 0.1) is 0 Å². The Bertz CT molecular complexity index is 506. The topological polar surface area (TPSA) is 12.0 Å². The molecule has 0 saturated carbocycles. The van der Waals surface area contributed by atoms with E-state index < -0.39 is 0 Å². The second-order valence-corrected chi connectivity index (χ2v) is 3.75. The van der Waals surface area contributed by atoms with Crippen molar-refractivity contribution in [3.8, 4) is 11.1 Å². The summed E-state index contributed by atoms with van der Waals surface area (Å²) in [5.74, 6) is -0.202. The van der Waals surface area contributed by atoms with E-state index in [0.717, 1.165) is 22.4 Å². The molecule has 0 aliphatic carbocycles. The predicted octanol–water partition coefficient (Wildman–Crippen LogP) is 3.84. The van der Waals surface area contributed by atoms with E-state index in [-0.39, 0.29) is 5.82 Å². The second-order valence-electron chi connectivity index (χ2n) is 3.75. The number of aryl methyl sites for hydroxylation is 1. The largest absolute Gasteiger partial charge is 0.388 e. The minimum absolute atomic E-state index is 0.202. The third-order valence-electron chi connectivity index (χ3n) is 2.69. The zero-order chi connectivity index (χ0) is 11.5. The van der Waals surface area contributed by atoms with Crippen LogP contribution in [0.5, 0.6) is 0 Å². The van der Waals surface area contributed by atoms with E-state index in [4.69, 9.17) is 0 Å². The van der Waals surface area contributed by atoms with Gasteiger partial charge in [-0.1, -0.05) is 24.3 Å². The van der Waals surface area contributed by atoms with Crippen LogP contribution in [0.2, 0.25) is 0 Å². The van der Waals surface area contributed by atoms with Crippen molar-refractivity contribution in [2.24, 2.45) is 0 Å². The van der Waals surface area contributed by atoms with Gasteiger partial charge in [0.1, 0.15) is 5.82 Å². The molecule has 0 spiro atoms. The highest BCUT2D eigenvalue weighted by molar-refractivity contribution is 5.79. The number of nitrogens with one attached hydrogen (secondary N) is 1. The Balaban J connectivity index is 2.62. The van der Waals surface area contributed by atoms with Gasteiger partial charge >= 0.3 is 0 Å². The molecular weight excluding hydrogens is 201 g/mol. The maximum atomic E-state index is 13.2. The van der Waals surface area contributed by atoms with Crippen molar-refractivity contribution < 1.29 is 4.39 Å². The zero-order valence-electron chi connectivity index (χ0n) is 9.42. The number of hydrogen-bond donors (Lipinski definition) is 1. The first-order valence-electron chi connectivity index (χ1n) is 5.25. The standard InChI is InChI=1S/C14H14FN/c1-10-7-8-11(15)9-13(10)12-5-3-4-6-14(12)16-2/h3-9,16H,1-2H3. The first-order valence-corrected chi connectivity index (χ1v) is 5.25. The molecule has 0 aliphatic heterocycles. The van der Waals surface area contributed by atoms with E-state index in [0.29, 0.717) is 0 Å². The molecule has 0 heterocycles. The average Bonchev–Trinajstić information content (AvgIpc) is 2.32. The van der Waals surface area contributed by atoms with E-state index in [1.807, 2.05) is 38.2 Å². The zero-order valence-corrected chi connectivity index (χ0v) is 9.42. The van der Waals surface area contributed by atoms with Crippen LogP contribution < -0.4 is 5.32 Å². The van der Waals surface area contributed by atoms with Crippen LogP contribution in [0.4, 0.5) is 10.1 Å². The summed E-state index contributed by atoms with van der Waals surface area (Å²) < 4.78 is 13.2. The lowest BCUT2D eigenvalue weighted by atomic mass is 9.99. The minimum Gasteiger partial charge on any atom is -0.388 e. The lowest BCUT2D eigenvalue weighted by molar-refractivity contribution is 0.628. The van der Waals surface area contributed by atoms with Crippen LogP contribution in [-0.4, -0.2) is 7.05 Å². The number of anilines is 1. The lowest BCUT2D eigenvalue weighted by Gasteiger charge is -2.11. The molecule has 2 rings (SSSR count). The van der Waals surface area contributed by atoms with Crippen molar-refractivity contribution in [1.29, 1.82) is 0 Å². The second kappa shape index (κ2) is 4.35. The number of hydrogen-bond acceptors (Lipinski definition) is 1. The summed E-state index contributed by atoms with van der Waals surface area (Å²) in [6.07, 6.45) is 0. The van der Waals surface area contributed by atoms with Crippen molar-refractivity contribution in [2.45, 2.75) is 6.92 Å². The molecule has 82 valence electrons. The molecule has 0 fully saturated rings. The Morgan fingerprint density at radius 2 is 1.75 bits per heavy atom. The number of para-hydroxylation sites is 1. The first kappa shape index (κ1) is 10.7. The van der Waals surface area contributed by atoms with Gasteiger partial charge in [-0.15, -0.1) is 0 Å². The summed E-state index contributed by atoms with van der Waals surface area (Å²) in [6.45, 7) is 1.99. The van der Waals surface area contributed by atoms with E-state index in [1.54, 1.807) is 12.1 Å². The summed E-state index contributed by atoms with van der Waals surface area (Å²) in [6, 6.07) is 12.8. The smallest absolute Gasteiger partial charge is 0.123 e. The van der Waals surface area contributed by atoms with Crippen LogP contribution in [0.25, 0.3) is 11.1 Å². The monoisotopic (exact) mass is 215 g/mol. The van der Waals surface area contributed by atoms with Gasteiger partial charge in [-0.25, -0.2) is 4.39 Å². The third-order valence-corrected chi connectivity index (χ3v) is 2.69. The van der Waals surface area contributed by atoms with E-state index >= 15 is 0 Å². The molecular formula is C14H14FN. The minimum atomic E-state index is -0.202. The molecule has 0 radical (unpaired) electrons. The van der Waals surface area contributed by atoms with Crippen LogP contribution in [0.1, 0.15) is 5.56 Å². The van der Waals surface area contributed by atoms with Gasteiger partial charge in [-0.2, -0.15) is 0 Å². The van der Waals surface area contributed by atoms with Gasteiger partial charge in [0, 0.05) is 18.3 Å². The molecule has 0 aliphatic rings. The number of rotatable bonds is 2. The average molecular weight is 215 g/mol. The van der Waals surface area contributed by atoms with Crippen LogP contribution >= 0.6 is 0 Å². The molecule has 2 heteroatoms. The highest BCUT2D eigenvalue weighted by Crippen LogP contribution is 2.30. The fourth-order valence-electron chi connectivity index (χ4n) is 1.82. The molecule has 0 bridgehead atoms. The SMILES string of the molecule is CNc1ccccc1-c1cc(F)ccc1C. The molecule has 2 aromatic carbocycles. The van der Waals surface area contributed by atoms with Crippen LogP contribution in [0, 0.1) is 12.7 Å². The van der Waals surface area contributed by atoms with Crippen molar-refractivity contribution >= 4 is 5.69 Å². The quantitative estimate of drug-likeness (QED) is 0.802. The number of benzene rings is 2. The van der Waals surface area contributed by atoms with E-state index in [2.05, 4.69) is 5.32 Å². The molecule has 2 aromatic rings. The summed E-state index contributed by atoms with van der Waals surface area (Å²) in [5, 5.41) is 3.12. The van der Waals surface area contributed by atoms with Crippen molar-refractivity contribution in [3.63, 3.8) is 0 Å². The fraction of sp³-hybridized carbons (Fsp3) is 0.143. The molecule has 1 N–H and O–H groups in total. The molecule has 0 unspecified atom stereocenters. The van der Waals surface area contributed by atoms with Crippen molar-refractivity contribution in [2.75, 3.05) is 12.4 Å². The Morgan fingerprint density at radius 1 is 1.00 bits per heavy atom. The highest BCUT2D eigenvalue weighted by Gasteiger charge is 2.06. The Morgan fingerprint density at radius 3 is 2.50 bits per heavy atom. The fourth-order valence-corrected chi connectivity index (χ4v) is 1.82. The summed E-state index contributed by atoms with van der Waals surface area (Å²) in [5.41, 5.74) is 4.05. The van der Waals surface area contributed by atoms with Gasteiger partial charge < -0.3 is 5.32 Å². The van der Waals surface area contributed by atoms with Crippen LogP contribution in [-0.2, 0) is 0 Å². The molecule has 0 amide bonds. The van der Waals surface area contributed by atoms with Crippen LogP contribution in [0.15, 0.2) is 42.5 Å². The van der Waals surface area contributed by atoms with Gasteiger partial charge in [0.2, 0.25) is 0 Å². The number of halogens is 1. The molecule has 1 nitrogen and oxygen atoms in total. The van der Waals surface area contributed by atoms with Gasteiger partial charge in [-0.05, 0) is 36.2 Å². The third kappa shape index (κ3) is 1.91. The summed E-state index contributed by atoms with van der Waals surface area (Å²) in [4.78, 5) is 0. The van der Waals surface area contributed by atoms with Gasteiger partial charge in [-0.3, -0.25) is 0 Å². The molecule has 0 atom stereocenters. The lowest BCUT2D eigenvalue weighted by Crippen LogP contribution is -1.93. The van der Waals surface area contributed by atoms with Crippen LogP contribution in [0.3, 0.4) is 0 Å². The van der Waals surface area contributed by atoms with Gasteiger partial charge in [0.15, 0.2) is 0 Å². The Labute approximate surface area is 94.9 Å². The molecule has 0 saturated heterocycles.